The molecule has 0 bridgehead atoms. The molecule has 1 N–H and O–H groups in total. The molecule has 3 aromatic carbocycles. The Bertz CT molecular complexity index is 1690. The average molecular weight is 645 g/mol. The summed E-state index contributed by atoms with van der Waals surface area (Å²) in [4.78, 5) is 39.2. The summed E-state index contributed by atoms with van der Waals surface area (Å²) in [5, 5.41) is 3.46. The fraction of sp³-hybridized carbons (Fsp3) is 0.294. The molecule has 1 atom stereocenters. The average Bonchev–Trinajstić information content (AvgIpc) is 3.51. The first-order valence-corrected chi connectivity index (χ1v) is 15.5. The molecule has 1 unspecified atom stereocenters. The van der Waals surface area contributed by atoms with Gasteiger partial charge in [0.15, 0.2) is 28.2 Å². The van der Waals surface area contributed by atoms with E-state index in [-0.39, 0.29) is 25.0 Å². The Kier molecular flexibility index (Phi) is 10.2. The molecule has 5 rings (SSSR count). The van der Waals surface area contributed by atoms with E-state index in [9.17, 15) is 9.59 Å². The second kappa shape index (κ2) is 14.4. The van der Waals surface area contributed by atoms with Crippen molar-refractivity contribution in [1.29, 1.82) is 0 Å². The van der Waals surface area contributed by atoms with E-state index in [0.717, 1.165) is 22.5 Å². The predicted molar refractivity (Wildman–Crippen MR) is 174 cm³/mol. The highest BCUT2D eigenvalue weighted by atomic mass is 32.2. The molecule has 0 radical (unpaired) electrons. The number of nitrogens with zero attached hydrogens (tertiary/aromatic N) is 3. The summed E-state index contributed by atoms with van der Waals surface area (Å²) in [6.45, 7) is 5.99. The molecule has 0 fully saturated rings. The Morgan fingerprint density at radius 2 is 1.52 bits per heavy atom. The molecule has 0 aliphatic carbocycles. The fourth-order valence-corrected chi connectivity index (χ4v) is 5.93. The van der Waals surface area contributed by atoms with Crippen molar-refractivity contribution < 1.29 is 33.3 Å². The number of carbonyl (C=O) groups excluding carboxylic acids is 2. The number of carbonyl (C=O) groups is 2. The highest BCUT2D eigenvalue weighted by Crippen LogP contribution is 2.42. The van der Waals surface area contributed by atoms with Gasteiger partial charge in [0.1, 0.15) is 6.04 Å². The van der Waals surface area contributed by atoms with E-state index >= 15 is 0 Å². The molecule has 0 saturated carbocycles. The first-order chi connectivity index (χ1) is 22.2. The number of methoxy groups -OCH3 is 3. The molecule has 12 heteroatoms. The number of hydrogen-bond donors (Lipinski definition) is 1. The van der Waals surface area contributed by atoms with Crippen molar-refractivity contribution in [2.45, 2.75) is 38.5 Å². The Morgan fingerprint density at radius 3 is 2.15 bits per heavy atom. The van der Waals surface area contributed by atoms with Gasteiger partial charge in [-0.25, -0.2) is 9.97 Å². The number of amides is 2. The molecule has 0 spiro atoms. The lowest BCUT2D eigenvalue weighted by Crippen LogP contribution is -2.42. The number of anilines is 1. The van der Waals surface area contributed by atoms with Gasteiger partial charge in [0, 0.05) is 29.7 Å². The normalized spacial score (nSPS) is 12.3. The van der Waals surface area contributed by atoms with E-state index in [0.29, 0.717) is 45.2 Å². The summed E-state index contributed by atoms with van der Waals surface area (Å²) in [5.74, 6) is 1.39. The molecular weight excluding hydrogens is 608 g/mol. The maximum Gasteiger partial charge on any atom is 0.251 e. The summed E-state index contributed by atoms with van der Waals surface area (Å²) in [6.07, 6.45) is 0. The van der Waals surface area contributed by atoms with Crippen LogP contribution in [0.4, 0.5) is 5.69 Å². The smallest absolute Gasteiger partial charge is 0.251 e. The van der Waals surface area contributed by atoms with E-state index < -0.39 is 11.9 Å². The molecular formula is C34H36N4O7S. The second-order valence-corrected chi connectivity index (χ2v) is 11.6. The van der Waals surface area contributed by atoms with Gasteiger partial charge in [-0.15, -0.1) is 0 Å². The summed E-state index contributed by atoms with van der Waals surface area (Å²) in [5.41, 5.74) is 4.47. The first kappa shape index (κ1) is 32.4. The van der Waals surface area contributed by atoms with Crippen LogP contribution >= 0.6 is 11.8 Å². The number of nitrogens with one attached hydrogen (secondary N) is 1. The van der Waals surface area contributed by atoms with E-state index in [2.05, 4.69) is 15.3 Å². The van der Waals surface area contributed by atoms with Crippen molar-refractivity contribution in [3.63, 3.8) is 0 Å². The molecule has 1 aliphatic heterocycles. The Labute approximate surface area is 272 Å². The molecule has 46 heavy (non-hydrogen) atoms. The lowest BCUT2D eigenvalue weighted by molar-refractivity contribution is -0.137. The highest BCUT2D eigenvalue weighted by molar-refractivity contribution is 7.99. The first-order valence-electron chi connectivity index (χ1n) is 14.5. The molecule has 2 amide bonds. The molecule has 240 valence electrons. The number of rotatable bonds is 12. The predicted octanol–water partition coefficient (Wildman–Crippen LogP) is 5.66. The third-order valence-electron chi connectivity index (χ3n) is 7.28. The van der Waals surface area contributed by atoms with Gasteiger partial charge in [-0.3, -0.25) is 9.59 Å². The van der Waals surface area contributed by atoms with Crippen LogP contribution < -0.4 is 29.0 Å². The largest absolute Gasteiger partial charge is 0.493 e. The minimum Gasteiger partial charge on any atom is -0.493 e. The number of fused-ring (bicyclic) bond motifs is 1. The van der Waals surface area contributed by atoms with Gasteiger partial charge in [0.25, 0.3) is 5.91 Å². The van der Waals surface area contributed by atoms with Crippen molar-refractivity contribution in [2.75, 3.05) is 39.2 Å². The molecule has 4 aromatic rings. The van der Waals surface area contributed by atoms with Crippen LogP contribution in [0.1, 0.15) is 34.1 Å². The summed E-state index contributed by atoms with van der Waals surface area (Å²) < 4.78 is 27.7. The van der Waals surface area contributed by atoms with Gasteiger partial charge in [0.2, 0.25) is 18.4 Å². The van der Waals surface area contributed by atoms with Crippen molar-refractivity contribution in [1.82, 2.24) is 14.9 Å². The van der Waals surface area contributed by atoms with E-state index in [1.807, 2.05) is 51.1 Å². The second-order valence-electron chi connectivity index (χ2n) is 10.6. The van der Waals surface area contributed by atoms with Crippen LogP contribution in [0.5, 0.6) is 28.7 Å². The number of hydrogen-bond acceptors (Lipinski definition) is 10. The highest BCUT2D eigenvalue weighted by Gasteiger charge is 2.34. The number of benzene rings is 3. The molecule has 11 nitrogen and oxygen atoms in total. The van der Waals surface area contributed by atoms with Gasteiger partial charge >= 0.3 is 0 Å². The Morgan fingerprint density at radius 1 is 0.870 bits per heavy atom. The summed E-state index contributed by atoms with van der Waals surface area (Å²) in [6, 6.07) is 17.1. The zero-order valence-electron chi connectivity index (χ0n) is 26.6. The number of thioether (sulfide) groups is 1. The van der Waals surface area contributed by atoms with Crippen LogP contribution in [0.15, 0.2) is 65.8 Å². The number of aryl methyl sites for hydroxylation is 3. The topological polar surface area (TPSA) is 121 Å². The van der Waals surface area contributed by atoms with Crippen LogP contribution in [0.25, 0.3) is 0 Å². The maximum atomic E-state index is 14.4. The minimum atomic E-state index is -1.12. The molecule has 1 aromatic heterocycles. The van der Waals surface area contributed by atoms with E-state index in [4.69, 9.17) is 23.7 Å². The molecule has 2 heterocycles. The van der Waals surface area contributed by atoms with Crippen molar-refractivity contribution in [3.05, 3.63) is 88.7 Å². The van der Waals surface area contributed by atoms with Gasteiger partial charge < -0.3 is 33.9 Å². The Balaban J connectivity index is 1.58. The fourth-order valence-electron chi connectivity index (χ4n) is 5.10. The van der Waals surface area contributed by atoms with Crippen LogP contribution in [-0.2, 0) is 16.1 Å². The summed E-state index contributed by atoms with van der Waals surface area (Å²) in [7, 11) is 4.50. The zero-order valence-corrected chi connectivity index (χ0v) is 27.4. The van der Waals surface area contributed by atoms with Crippen LogP contribution in [0.2, 0.25) is 0 Å². The van der Waals surface area contributed by atoms with Gasteiger partial charge in [0.05, 0.1) is 27.1 Å². The number of aromatic nitrogens is 2. The maximum absolute atomic E-state index is 14.4. The Hall–Kier alpha value is -4.97. The third kappa shape index (κ3) is 7.45. The van der Waals surface area contributed by atoms with Gasteiger partial charge in [-0.2, -0.15) is 0 Å². The van der Waals surface area contributed by atoms with Crippen LogP contribution in [0, 0.1) is 20.8 Å². The minimum absolute atomic E-state index is 0.00696. The van der Waals surface area contributed by atoms with Crippen molar-refractivity contribution in [3.8, 4) is 28.7 Å². The van der Waals surface area contributed by atoms with Crippen molar-refractivity contribution >= 4 is 29.3 Å². The SMILES string of the molecule is COc1cc(C(C(=O)Nc2ccc3c(c2)OCO3)N(Cc2ccc(C)cc2)C(=O)CSc2nc(C)cc(C)n2)cc(OC)c1OC. The third-order valence-corrected chi connectivity index (χ3v) is 8.12. The monoisotopic (exact) mass is 644 g/mol. The lowest BCUT2D eigenvalue weighted by Gasteiger charge is -2.32. The molecule has 0 saturated heterocycles. The quantitative estimate of drug-likeness (QED) is 0.153. The standard InChI is InChI=1S/C34H36N4O7S/c1-20-7-9-23(10-8-20)17-38(30(39)18-46-34-35-21(2)13-22(3)36-34)31(24-14-28(41-4)32(43-6)29(15-24)42-5)33(40)37-25-11-12-26-27(16-25)45-19-44-26/h7-16,31H,17-19H2,1-6H3,(H,37,40). The summed E-state index contributed by atoms with van der Waals surface area (Å²) >= 11 is 1.22. The van der Waals surface area contributed by atoms with Crippen LogP contribution in [-0.4, -0.2) is 60.6 Å². The zero-order chi connectivity index (χ0) is 32.8. The van der Waals surface area contributed by atoms with E-state index in [1.54, 1.807) is 35.2 Å². The van der Waals surface area contributed by atoms with Gasteiger partial charge in [-0.1, -0.05) is 41.6 Å². The molecule has 1 aliphatic rings. The number of ether oxygens (including phenoxy) is 5. The van der Waals surface area contributed by atoms with Crippen LogP contribution in [0.3, 0.4) is 0 Å². The lowest BCUT2D eigenvalue weighted by atomic mass is 10.0. The van der Waals surface area contributed by atoms with E-state index in [1.165, 1.54) is 33.1 Å². The van der Waals surface area contributed by atoms with Gasteiger partial charge in [-0.05, 0) is 62.2 Å². The van der Waals surface area contributed by atoms with Crippen molar-refractivity contribution in [2.24, 2.45) is 0 Å².